The summed E-state index contributed by atoms with van der Waals surface area (Å²) in [5.41, 5.74) is 7.62. The summed E-state index contributed by atoms with van der Waals surface area (Å²) in [6, 6.07) is 5.40. The van der Waals surface area contributed by atoms with Crippen LogP contribution < -0.4 is 11.1 Å². The van der Waals surface area contributed by atoms with E-state index in [2.05, 4.69) is 5.32 Å². The van der Waals surface area contributed by atoms with Gasteiger partial charge in [-0.1, -0.05) is 12.1 Å². The van der Waals surface area contributed by atoms with Crippen LogP contribution in [0.5, 0.6) is 0 Å². The molecule has 0 unspecified atom stereocenters. The van der Waals surface area contributed by atoms with Crippen LogP contribution in [0.2, 0.25) is 0 Å². The summed E-state index contributed by atoms with van der Waals surface area (Å²) in [6.45, 7) is 7.95. The number of amides is 2. The molecule has 0 aliphatic rings. The van der Waals surface area contributed by atoms with E-state index in [0.717, 1.165) is 5.56 Å². The molecule has 0 radical (unpaired) electrons. The molecule has 20 heavy (non-hydrogen) atoms. The van der Waals surface area contributed by atoms with Crippen molar-refractivity contribution in [2.75, 3.05) is 18.8 Å². The third-order valence-corrected chi connectivity index (χ3v) is 2.97. The van der Waals surface area contributed by atoms with Crippen molar-refractivity contribution >= 4 is 17.5 Å². The Morgan fingerprint density at radius 3 is 2.50 bits per heavy atom. The molecule has 0 saturated carbocycles. The van der Waals surface area contributed by atoms with Crippen molar-refractivity contribution in [1.82, 2.24) is 10.2 Å². The smallest absolute Gasteiger partial charge is 0.256 e. The fourth-order valence-corrected chi connectivity index (χ4v) is 2.01. The van der Waals surface area contributed by atoms with Gasteiger partial charge in [-0.2, -0.15) is 0 Å². The molecule has 0 spiro atoms. The van der Waals surface area contributed by atoms with Gasteiger partial charge in [0.1, 0.15) is 0 Å². The van der Waals surface area contributed by atoms with Crippen molar-refractivity contribution < 1.29 is 9.59 Å². The first-order valence-electron chi connectivity index (χ1n) is 6.80. The highest BCUT2D eigenvalue weighted by Crippen LogP contribution is 2.18. The number of nitrogens with one attached hydrogen (secondary N) is 1. The highest BCUT2D eigenvalue weighted by molar-refractivity contribution is 6.02. The lowest BCUT2D eigenvalue weighted by atomic mass is 10.1. The van der Waals surface area contributed by atoms with Crippen LogP contribution in [0.15, 0.2) is 18.2 Å². The summed E-state index contributed by atoms with van der Waals surface area (Å²) in [5.74, 6) is -0.371. The quantitative estimate of drug-likeness (QED) is 0.802. The molecule has 0 aliphatic heterocycles. The van der Waals surface area contributed by atoms with E-state index in [0.29, 0.717) is 17.8 Å². The van der Waals surface area contributed by atoms with Gasteiger partial charge in [0, 0.05) is 18.3 Å². The largest absolute Gasteiger partial charge is 0.398 e. The molecular weight excluding hydrogens is 254 g/mol. The van der Waals surface area contributed by atoms with E-state index in [1.165, 1.54) is 4.90 Å². The average Bonchev–Trinajstić information content (AvgIpc) is 2.34. The molecule has 0 aliphatic carbocycles. The lowest BCUT2D eigenvalue weighted by Gasteiger charge is -2.22. The van der Waals surface area contributed by atoms with Gasteiger partial charge in [0.2, 0.25) is 5.91 Å². The zero-order chi connectivity index (χ0) is 15.3. The molecule has 0 heterocycles. The van der Waals surface area contributed by atoms with E-state index >= 15 is 0 Å². The molecule has 110 valence electrons. The number of carbonyl (C=O) groups excluding carboxylic acids is 2. The van der Waals surface area contributed by atoms with Gasteiger partial charge in [-0.05, 0) is 39.3 Å². The summed E-state index contributed by atoms with van der Waals surface area (Å²) in [5, 5.41) is 2.78. The Kier molecular flexibility index (Phi) is 5.55. The highest BCUT2D eigenvalue weighted by Gasteiger charge is 2.21. The summed E-state index contributed by atoms with van der Waals surface area (Å²) in [4.78, 5) is 25.8. The summed E-state index contributed by atoms with van der Waals surface area (Å²) >= 11 is 0. The van der Waals surface area contributed by atoms with Crippen molar-refractivity contribution in [3.63, 3.8) is 0 Å². The molecule has 0 saturated heterocycles. The summed E-state index contributed by atoms with van der Waals surface area (Å²) in [6.07, 6.45) is 0. The van der Waals surface area contributed by atoms with Gasteiger partial charge in [-0.25, -0.2) is 0 Å². The number of rotatable bonds is 5. The van der Waals surface area contributed by atoms with Gasteiger partial charge in [0.15, 0.2) is 0 Å². The van der Waals surface area contributed by atoms with E-state index in [4.69, 9.17) is 5.73 Å². The number of anilines is 1. The Bertz CT molecular complexity index is 478. The number of carbonyl (C=O) groups is 2. The standard InChI is InChI=1S/C15H23N3O2/c1-5-18(9-13(19)17-10(2)3)15(20)14-11(4)7-6-8-12(14)16/h6-8,10H,5,9,16H2,1-4H3,(H,17,19). The molecule has 2 amide bonds. The number of nitrogens with two attached hydrogens (primary N) is 1. The van der Waals surface area contributed by atoms with Gasteiger partial charge >= 0.3 is 0 Å². The van der Waals surface area contributed by atoms with E-state index < -0.39 is 0 Å². The Balaban J connectivity index is 2.90. The van der Waals surface area contributed by atoms with Crippen molar-refractivity contribution in [2.24, 2.45) is 0 Å². The average molecular weight is 277 g/mol. The van der Waals surface area contributed by atoms with Crippen LogP contribution in [0.3, 0.4) is 0 Å². The van der Waals surface area contributed by atoms with Crippen LogP contribution in [-0.2, 0) is 4.79 Å². The second-order valence-electron chi connectivity index (χ2n) is 5.08. The van der Waals surface area contributed by atoms with Crippen molar-refractivity contribution in [2.45, 2.75) is 33.7 Å². The predicted octanol–water partition coefficient (Wildman–Crippen LogP) is 1.56. The Labute approximate surface area is 120 Å². The van der Waals surface area contributed by atoms with Crippen LogP contribution in [0.1, 0.15) is 36.7 Å². The van der Waals surface area contributed by atoms with Gasteiger partial charge in [-0.3, -0.25) is 9.59 Å². The van der Waals surface area contributed by atoms with E-state index in [-0.39, 0.29) is 24.4 Å². The maximum absolute atomic E-state index is 12.5. The Morgan fingerprint density at radius 2 is 2.00 bits per heavy atom. The topological polar surface area (TPSA) is 75.4 Å². The molecule has 1 aromatic rings. The van der Waals surface area contributed by atoms with Gasteiger partial charge in [0.25, 0.3) is 5.91 Å². The minimum atomic E-state index is -0.206. The molecule has 0 atom stereocenters. The van der Waals surface area contributed by atoms with E-state index in [1.54, 1.807) is 6.07 Å². The molecule has 0 bridgehead atoms. The first-order chi connectivity index (χ1) is 9.36. The zero-order valence-electron chi connectivity index (χ0n) is 12.6. The molecule has 5 nitrogen and oxygen atoms in total. The SMILES string of the molecule is CCN(CC(=O)NC(C)C)C(=O)c1c(C)cccc1N. The van der Waals surface area contributed by atoms with Crippen LogP contribution in [0.4, 0.5) is 5.69 Å². The first-order valence-corrected chi connectivity index (χ1v) is 6.80. The second-order valence-corrected chi connectivity index (χ2v) is 5.08. The van der Waals surface area contributed by atoms with Crippen molar-refractivity contribution in [3.05, 3.63) is 29.3 Å². The number of benzene rings is 1. The van der Waals surface area contributed by atoms with Crippen LogP contribution >= 0.6 is 0 Å². The summed E-state index contributed by atoms with van der Waals surface area (Å²) < 4.78 is 0. The highest BCUT2D eigenvalue weighted by atomic mass is 16.2. The molecule has 5 heteroatoms. The maximum Gasteiger partial charge on any atom is 0.256 e. The van der Waals surface area contributed by atoms with Gasteiger partial charge < -0.3 is 16.0 Å². The van der Waals surface area contributed by atoms with Crippen LogP contribution in [-0.4, -0.2) is 35.8 Å². The Hall–Kier alpha value is -2.04. The number of hydrogen-bond donors (Lipinski definition) is 2. The minimum Gasteiger partial charge on any atom is -0.398 e. The number of nitrogens with zero attached hydrogens (tertiary/aromatic N) is 1. The fraction of sp³-hybridized carbons (Fsp3) is 0.467. The van der Waals surface area contributed by atoms with E-state index in [1.807, 2.05) is 39.8 Å². The Morgan fingerprint density at radius 1 is 1.35 bits per heavy atom. The van der Waals surface area contributed by atoms with E-state index in [9.17, 15) is 9.59 Å². The lowest BCUT2D eigenvalue weighted by Crippen LogP contribution is -2.43. The third kappa shape index (κ3) is 3.98. The third-order valence-electron chi connectivity index (χ3n) is 2.97. The van der Waals surface area contributed by atoms with Gasteiger partial charge in [0.05, 0.1) is 12.1 Å². The molecule has 1 aromatic carbocycles. The lowest BCUT2D eigenvalue weighted by molar-refractivity contribution is -0.122. The molecule has 3 N–H and O–H groups in total. The number of hydrogen-bond acceptors (Lipinski definition) is 3. The number of likely N-dealkylation sites (N-methyl/N-ethyl adjacent to an activating group) is 1. The van der Waals surface area contributed by atoms with Gasteiger partial charge in [-0.15, -0.1) is 0 Å². The number of nitrogen functional groups attached to an aromatic ring is 1. The first kappa shape index (κ1) is 16.0. The normalized spacial score (nSPS) is 10.4. The predicted molar refractivity (Wildman–Crippen MR) is 80.4 cm³/mol. The summed E-state index contributed by atoms with van der Waals surface area (Å²) in [7, 11) is 0. The van der Waals surface area contributed by atoms with Crippen LogP contribution in [0.25, 0.3) is 0 Å². The maximum atomic E-state index is 12.5. The van der Waals surface area contributed by atoms with Crippen molar-refractivity contribution in [1.29, 1.82) is 0 Å². The minimum absolute atomic E-state index is 0.0429. The second kappa shape index (κ2) is 6.93. The number of aryl methyl sites for hydroxylation is 1. The molecule has 0 fully saturated rings. The molecule has 1 rings (SSSR count). The zero-order valence-corrected chi connectivity index (χ0v) is 12.6. The monoisotopic (exact) mass is 277 g/mol. The molecular formula is C15H23N3O2. The molecule has 0 aromatic heterocycles. The fourth-order valence-electron chi connectivity index (χ4n) is 2.01. The van der Waals surface area contributed by atoms with Crippen LogP contribution in [0, 0.1) is 6.92 Å². The van der Waals surface area contributed by atoms with Crippen molar-refractivity contribution in [3.8, 4) is 0 Å².